The lowest BCUT2D eigenvalue weighted by molar-refractivity contribution is -0.384. The van der Waals surface area contributed by atoms with Crippen LogP contribution in [-0.2, 0) is 11.2 Å². The number of benzene rings is 1. The number of nitro groups is 1. The molecular weight excluding hydrogens is 256 g/mol. The summed E-state index contributed by atoms with van der Waals surface area (Å²) in [6, 6.07) is 6.63. The summed E-state index contributed by atoms with van der Waals surface area (Å²) in [7, 11) is 1.81. The van der Waals surface area contributed by atoms with Crippen LogP contribution in [-0.4, -0.2) is 28.8 Å². The molecule has 110 valence electrons. The molecule has 1 atom stereocenters. The predicted molar refractivity (Wildman–Crippen MR) is 78.5 cm³/mol. The Morgan fingerprint density at radius 1 is 1.35 bits per heavy atom. The zero-order chi connectivity index (χ0) is 15.3. The van der Waals surface area contributed by atoms with Gasteiger partial charge in [-0.3, -0.25) is 14.9 Å². The molecule has 0 aliphatic rings. The Morgan fingerprint density at radius 3 is 2.55 bits per heavy atom. The molecule has 0 aromatic heterocycles. The van der Waals surface area contributed by atoms with Gasteiger partial charge in [0.05, 0.1) is 4.92 Å². The summed E-state index contributed by atoms with van der Waals surface area (Å²) in [6.45, 7) is 6.18. The predicted octanol–water partition coefficient (Wildman–Crippen LogP) is 3.03. The number of non-ortho nitro benzene ring substituents is 1. The largest absolute Gasteiger partial charge is 0.343 e. The van der Waals surface area contributed by atoms with Crippen molar-refractivity contribution < 1.29 is 9.72 Å². The molecule has 1 aromatic carbocycles. The van der Waals surface area contributed by atoms with Crippen LogP contribution in [0.5, 0.6) is 0 Å². The Morgan fingerprint density at radius 2 is 2.00 bits per heavy atom. The summed E-state index contributed by atoms with van der Waals surface area (Å²) in [5, 5.41) is 10.7. The molecule has 20 heavy (non-hydrogen) atoms. The molecule has 0 saturated heterocycles. The molecule has 5 heteroatoms. The van der Waals surface area contributed by atoms with Gasteiger partial charge in [-0.2, -0.15) is 0 Å². The van der Waals surface area contributed by atoms with Gasteiger partial charge in [0.2, 0.25) is 5.91 Å². The van der Waals surface area contributed by atoms with E-state index in [1.807, 2.05) is 13.0 Å². The maximum atomic E-state index is 12.1. The molecule has 1 unspecified atom stereocenters. The Kier molecular flexibility index (Phi) is 5.67. The van der Waals surface area contributed by atoms with Crippen molar-refractivity contribution in [1.29, 1.82) is 0 Å². The van der Waals surface area contributed by atoms with Gasteiger partial charge in [0.25, 0.3) is 5.69 Å². The zero-order valence-corrected chi connectivity index (χ0v) is 12.5. The number of hydrogen-bond donors (Lipinski definition) is 0. The van der Waals surface area contributed by atoms with Crippen LogP contribution in [0.25, 0.3) is 0 Å². The van der Waals surface area contributed by atoms with Crippen LogP contribution < -0.4 is 0 Å². The SMILES string of the molecule is CC(C)C(C)N(C)C(=O)CCc1cccc([N+](=O)[O-])c1. The highest BCUT2D eigenvalue weighted by molar-refractivity contribution is 5.76. The first-order valence-electron chi connectivity index (χ1n) is 6.82. The van der Waals surface area contributed by atoms with Crippen LogP contribution in [0.15, 0.2) is 24.3 Å². The van der Waals surface area contributed by atoms with E-state index >= 15 is 0 Å². The Labute approximate surface area is 119 Å². The van der Waals surface area contributed by atoms with E-state index in [0.29, 0.717) is 18.8 Å². The Hall–Kier alpha value is -1.91. The second-order valence-electron chi connectivity index (χ2n) is 5.42. The smallest absolute Gasteiger partial charge is 0.269 e. The minimum atomic E-state index is -0.418. The van der Waals surface area contributed by atoms with Crippen molar-refractivity contribution in [3.8, 4) is 0 Å². The number of hydrogen-bond acceptors (Lipinski definition) is 3. The van der Waals surface area contributed by atoms with E-state index < -0.39 is 4.92 Å². The summed E-state index contributed by atoms with van der Waals surface area (Å²) in [6.07, 6.45) is 0.893. The molecular formula is C15H22N2O3. The maximum absolute atomic E-state index is 12.1. The molecule has 0 aliphatic carbocycles. The normalized spacial score (nSPS) is 12.2. The third-order valence-electron chi connectivity index (χ3n) is 3.72. The van der Waals surface area contributed by atoms with E-state index in [1.54, 1.807) is 18.0 Å². The fraction of sp³-hybridized carbons (Fsp3) is 0.533. The van der Waals surface area contributed by atoms with E-state index in [9.17, 15) is 14.9 Å². The van der Waals surface area contributed by atoms with Crippen molar-refractivity contribution in [2.45, 2.75) is 39.7 Å². The van der Waals surface area contributed by atoms with Gasteiger partial charge in [-0.1, -0.05) is 26.0 Å². The fourth-order valence-electron chi connectivity index (χ4n) is 1.93. The van der Waals surface area contributed by atoms with Crippen molar-refractivity contribution in [1.82, 2.24) is 4.90 Å². The number of carbonyl (C=O) groups excluding carboxylic acids is 1. The van der Waals surface area contributed by atoms with E-state index in [2.05, 4.69) is 13.8 Å². The monoisotopic (exact) mass is 278 g/mol. The van der Waals surface area contributed by atoms with Crippen molar-refractivity contribution in [2.75, 3.05) is 7.05 Å². The molecule has 0 aliphatic heterocycles. The van der Waals surface area contributed by atoms with Crippen molar-refractivity contribution in [3.05, 3.63) is 39.9 Å². The van der Waals surface area contributed by atoms with Gasteiger partial charge < -0.3 is 4.90 Å². The van der Waals surface area contributed by atoms with Crippen LogP contribution in [0.1, 0.15) is 32.8 Å². The second-order valence-corrected chi connectivity index (χ2v) is 5.42. The van der Waals surface area contributed by atoms with Gasteiger partial charge in [-0.25, -0.2) is 0 Å². The molecule has 0 fully saturated rings. The quantitative estimate of drug-likeness (QED) is 0.593. The number of nitrogens with zero attached hydrogens (tertiary/aromatic N) is 2. The second kappa shape index (κ2) is 7.03. The molecule has 0 N–H and O–H groups in total. The van der Waals surface area contributed by atoms with E-state index in [0.717, 1.165) is 5.56 Å². The molecule has 0 spiro atoms. The highest BCUT2D eigenvalue weighted by Crippen LogP contribution is 2.15. The summed E-state index contributed by atoms with van der Waals surface area (Å²) in [5.74, 6) is 0.472. The lowest BCUT2D eigenvalue weighted by Crippen LogP contribution is -2.38. The van der Waals surface area contributed by atoms with Gasteiger partial charge in [-0.15, -0.1) is 0 Å². The maximum Gasteiger partial charge on any atom is 0.269 e. The van der Waals surface area contributed by atoms with Crippen LogP contribution in [0.4, 0.5) is 5.69 Å². The minimum Gasteiger partial charge on any atom is -0.343 e. The molecule has 1 aromatic rings. The molecule has 0 radical (unpaired) electrons. The molecule has 5 nitrogen and oxygen atoms in total. The summed E-state index contributed by atoms with van der Waals surface area (Å²) in [5.41, 5.74) is 0.886. The van der Waals surface area contributed by atoms with Crippen molar-refractivity contribution in [3.63, 3.8) is 0 Å². The van der Waals surface area contributed by atoms with Crippen LogP contribution >= 0.6 is 0 Å². The Balaban J connectivity index is 2.61. The number of aryl methyl sites for hydroxylation is 1. The summed E-state index contributed by atoms with van der Waals surface area (Å²) < 4.78 is 0. The third-order valence-corrected chi connectivity index (χ3v) is 3.72. The summed E-state index contributed by atoms with van der Waals surface area (Å²) in [4.78, 5) is 24.1. The van der Waals surface area contributed by atoms with Gasteiger partial charge in [0.1, 0.15) is 0 Å². The number of carbonyl (C=O) groups is 1. The fourth-order valence-corrected chi connectivity index (χ4v) is 1.93. The first kappa shape index (κ1) is 16.1. The highest BCUT2D eigenvalue weighted by atomic mass is 16.6. The number of nitro benzene ring substituents is 1. The minimum absolute atomic E-state index is 0.0673. The number of rotatable bonds is 6. The van der Waals surface area contributed by atoms with Gasteiger partial charge in [-0.05, 0) is 24.8 Å². The van der Waals surface area contributed by atoms with Gasteiger partial charge in [0.15, 0.2) is 0 Å². The van der Waals surface area contributed by atoms with Gasteiger partial charge >= 0.3 is 0 Å². The van der Waals surface area contributed by atoms with Crippen molar-refractivity contribution in [2.24, 2.45) is 5.92 Å². The molecule has 0 bridgehead atoms. The standard InChI is InChI=1S/C15H22N2O3/c1-11(2)12(3)16(4)15(18)9-8-13-6-5-7-14(10-13)17(19)20/h5-7,10-12H,8-9H2,1-4H3. The highest BCUT2D eigenvalue weighted by Gasteiger charge is 2.18. The van der Waals surface area contributed by atoms with Gasteiger partial charge in [0, 0.05) is 31.6 Å². The molecule has 0 saturated carbocycles. The van der Waals surface area contributed by atoms with Crippen LogP contribution in [0.2, 0.25) is 0 Å². The average Bonchev–Trinajstić information content (AvgIpc) is 2.43. The molecule has 1 rings (SSSR count). The summed E-state index contributed by atoms with van der Waals surface area (Å²) >= 11 is 0. The van der Waals surface area contributed by atoms with E-state index in [-0.39, 0.29) is 17.6 Å². The van der Waals surface area contributed by atoms with Crippen molar-refractivity contribution >= 4 is 11.6 Å². The third kappa shape index (κ3) is 4.33. The lowest BCUT2D eigenvalue weighted by atomic mass is 10.0. The first-order valence-corrected chi connectivity index (χ1v) is 6.82. The van der Waals surface area contributed by atoms with E-state index in [1.165, 1.54) is 12.1 Å². The average molecular weight is 278 g/mol. The first-order chi connectivity index (χ1) is 9.32. The zero-order valence-electron chi connectivity index (χ0n) is 12.5. The Bertz CT molecular complexity index is 486. The number of amides is 1. The molecule has 1 amide bonds. The van der Waals surface area contributed by atoms with Crippen LogP contribution in [0, 0.1) is 16.0 Å². The van der Waals surface area contributed by atoms with E-state index in [4.69, 9.17) is 0 Å². The topological polar surface area (TPSA) is 63.5 Å². The van der Waals surface area contributed by atoms with Crippen LogP contribution in [0.3, 0.4) is 0 Å². The lowest BCUT2D eigenvalue weighted by Gasteiger charge is -2.28. The molecule has 0 heterocycles.